The molecule has 3 rings (SSSR count). The molecule has 0 saturated carbocycles. The number of aromatic nitrogens is 1. The first-order valence-corrected chi connectivity index (χ1v) is 9.16. The van der Waals surface area contributed by atoms with E-state index >= 15 is 0 Å². The average Bonchev–Trinajstić information content (AvgIpc) is 3.31. The number of Topliss-reactive ketones (excluding diaryl/α,β-unsaturated/α-hetero) is 1. The summed E-state index contributed by atoms with van der Waals surface area (Å²) in [5.41, 5.74) is 0.659. The monoisotopic (exact) mass is 369 g/mol. The van der Waals surface area contributed by atoms with Gasteiger partial charge in [0.2, 0.25) is 11.8 Å². The predicted octanol–water partition coefficient (Wildman–Crippen LogP) is 2.97. The number of amides is 2. The van der Waals surface area contributed by atoms with Crippen molar-refractivity contribution in [2.45, 2.75) is 45.1 Å². The van der Waals surface area contributed by atoms with Gasteiger partial charge in [-0.05, 0) is 26.2 Å². The summed E-state index contributed by atoms with van der Waals surface area (Å²) in [5, 5.41) is 6.44. The van der Waals surface area contributed by atoms with Crippen molar-refractivity contribution >= 4 is 23.4 Å². The van der Waals surface area contributed by atoms with Gasteiger partial charge in [-0.1, -0.05) is 35.5 Å². The average molecular weight is 369 g/mol. The largest absolute Gasteiger partial charge is 0.360 e. The molecule has 1 fully saturated rings. The maximum Gasteiger partial charge on any atom is 0.248 e. The second-order valence-electron chi connectivity index (χ2n) is 6.70. The molecule has 0 aliphatic carbocycles. The van der Waals surface area contributed by atoms with Crippen LogP contribution in [0.5, 0.6) is 0 Å². The van der Waals surface area contributed by atoms with E-state index < -0.39 is 6.04 Å². The highest BCUT2D eigenvalue weighted by Gasteiger charge is 2.34. The Morgan fingerprint density at radius 3 is 2.70 bits per heavy atom. The van der Waals surface area contributed by atoms with Crippen molar-refractivity contribution in [1.82, 2.24) is 10.1 Å². The molecule has 2 heterocycles. The van der Waals surface area contributed by atoms with Gasteiger partial charge in [-0.25, -0.2) is 0 Å². The molecule has 1 atom stereocenters. The summed E-state index contributed by atoms with van der Waals surface area (Å²) < 4.78 is 4.94. The van der Waals surface area contributed by atoms with Crippen LogP contribution in [0.1, 0.15) is 48.2 Å². The molecule has 1 aromatic heterocycles. The van der Waals surface area contributed by atoms with Crippen molar-refractivity contribution in [1.29, 1.82) is 0 Å². The third kappa shape index (κ3) is 4.81. The SMILES string of the molecule is Cc1cc(NC(=O)[C@@H]2CCCN2C(=O)CCCC(=O)c2ccccc2)no1. The van der Waals surface area contributed by atoms with Gasteiger partial charge in [0.1, 0.15) is 11.8 Å². The van der Waals surface area contributed by atoms with E-state index in [0.29, 0.717) is 42.9 Å². The molecule has 7 heteroatoms. The van der Waals surface area contributed by atoms with Crippen molar-refractivity contribution < 1.29 is 18.9 Å². The van der Waals surface area contributed by atoms with E-state index in [1.54, 1.807) is 30.0 Å². The number of nitrogens with one attached hydrogen (secondary N) is 1. The highest BCUT2D eigenvalue weighted by Crippen LogP contribution is 2.21. The summed E-state index contributed by atoms with van der Waals surface area (Å²) >= 11 is 0. The molecular formula is C20H23N3O4. The Balaban J connectivity index is 1.49. The molecule has 142 valence electrons. The van der Waals surface area contributed by atoms with Crippen molar-refractivity contribution in [2.24, 2.45) is 0 Å². The van der Waals surface area contributed by atoms with Crippen LogP contribution < -0.4 is 5.32 Å². The molecule has 0 radical (unpaired) electrons. The number of carbonyl (C=O) groups is 3. The second kappa shape index (κ2) is 8.62. The molecule has 1 aliphatic heterocycles. The number of benzene rings is 1. The smallest absolute Gasteiger partial charge is 0.248 e. The van der Waals surface area contributed by atoms with Crippen molar-refractivity contribution in [3.8, 4) is 0 Å². The zero-order valence-electron chi connectivity index (χ0n) is 15.3. The van der Waals surface area contributed by atoms with Gasteiger partial charge < -0.3 is 14.7 Å². The van der Waals surface area contributed by atoms with Gasteiger partial charge in [0, 0.05) is 31.0 Å². The fraction of sp³-hybridized carbons (Fsp3) is 0.400. The van der Waals surface area contributed by atoms with Gasteiger partial charge in [-0.3, -0.25) is 14.4 Å². The van der Waals surface area contributed by atoms with Crippen LogP contribution in [0, 0.1) is 6.92 Å². The maximum absolute atomic E-state index is 12.5. The summed E-state index contributed by atoms with van der Waals surface area (Å²) in [5.74, 6) is 0.637. The molecule has 0 bridgehead atoms. The fourth-order valence-electron chi connectivity index (χ4n) is 3.28. The molecule has 2 aromatic rings. The summed E-state index contributed by atoms with van der Waals surface area (Å²) in [6, 6.07) is 10.2. The first-order valence-electron chi connectivity index (χ1n) is 9.16. The van der Waals surface area contributed by atoms with Gasteiger partial charge in [0.15, 0.2) is 11.6 Å². The van der Waals surface area contributed by atoms with Crippen LogP contribution >= 0.6 is 0 Å². The van der Waals surface area contributed by atoms with E-state index in [-0.39, 0.29) is 24.0 Å². The minimum absolute atomic E-state index is 0.0283. The topological polar surface area (TPSA) is 92.5 Å². The van der Waals surface area contributed by atoms with Crippen molar-refractivity contribution in [3.63, 3.8) is 0 Å². The highest BCUT2D eigenvalue weighted by atomic mass is 16.5. The lowest BCUT2D eigenvalue weighted by atomic mass is 10.1. The van der Waals surface area contributed by atoms with E-state index in [1.165, 1.54) is 0 Å². The van der Waals surface area contributed by atoms with Crippen LogP contribution in [0.4, 0.5) is 5.82 Å². The Bertz CT molecular complexity index is 816. The Labute approximate surface area is 157 Å². The van der Waals surface area contributed by atoms with Crippen molar-refractivity contribution in [3.05, 3.63) is 47.7 Å². The molecule has 0 spiro atoms. The number of ketones is 1. The van der Waals surface area contributed by atoms with E-state index in [9.17, 15) is 14.4 Å². The summed E-state index contributed by atoms with van der Waals surface area (Å²) in [6.45, 7) is 2.30. The molecule has 1 saturated heterocycles. The van der Waals surface area contributed by atoms with Crippen LogP contribution in [0.2, 0.25) is 0 Å². The standard InChI is InChI=1S/C20H23N3O4/c1-14-13-18(22-27-14)21-20(26)16-9-6-12-23(16)19(25)11-5-10-17(24)15-7-3-2-4-8-15/h2-4,7-8,13,16H,5-6,9-12H2,1H3,(H,21,22,26)/t16-/m0/s1. The van der Waals surface area contributed by atoms with E-state index in [0.717, 1.165) is 6.42 Å². The molecule has 1 N–H and O–H groups in total. The van der Waals surface area contributed by atoms with E-state index in [1.807, 2.05) is 18.2 Å². The highest BCUT2D eigenvalue weighted by molar-refractivity contribution is 5.97. The Morgan fingerprint density at radius 1 is 1.22 bits per heavy atom. The molecule has 1 aromatic carbocycles. The minimum Gasteiger partial charge on any atom is -0.360 e. The normalized spacial score (nSPS) is 16.3. The Hall–Kier alpha value is -2.96. The lowest BCUT2D eigenvalue weighted by Gasteiger charge is -2.23. The summed E-state index contributed by atoms with van der Waals surface area (Å²) in [6.07, 6.45) is 2.45. The van der Waals surface area contributed by atoms with Gasteiger partial charge >= 0.3 is 0 Å². The molecule has 27 heavy (non-hydrogen) atoms. The number of likely N-dealkylation sites (tertiary alicyclic amines) is 1. The fourth-order valence-corrected chi connectivity index (χ4v) is 3.28. The summed E-state index contributed by atoms with van der Waals surface area (Å²) in [4.78, 5) is 38.7. The first-order chi connectivity index (χ1) is 13.0. The van der Waals surface area contributed by atoms with E-state index in [4.69, 9.17) is 4.52 Å². The third-order valence-corrected chi connectivity index (χ3v) is 4.65. The number of nitrogens with zero attached hydrogens (tertiary/aromatic N) is 2. The van der Waals surface area contributed by atoms with Crippen LogP contribution in [0.25, 0.3) is 0 Å². The number of carbonyl (C=O) groups excluding carboxylic acids is 3. The lowest BCUT2D eigenvalue weighted by molar-refractivity contribution is -0.136. The molecule has 7 nitrogen and oxygen atoms in total. The zero-order valence-corrected chi connectivity index (χ0v) is 15.3. The van der Waals surface area contributed by atoms with E-state index in [2.05, 4.69) is 10.5 Å². The van der Waals surface area contributed by atoms with Gasteiger partial charge in [0.05, 0.1) is 0 Å². The molecule has 0 unspecified atom stereocenters. The number of hydrogen-bond donors (Lipinski definition) is 1. The number of aryl methyl sites for hydroxylation is 1. The molecule has 1 aliphatic rings. The maximum atomic E-state index is 12.5. The Kier molecular flexibility index (Phi) is 6.01. The van der Waals surface area contributed by atoms with Crippen molar-refractivity contribution in [2.75, 3.05) is 11.9 Å². The van der Waals surface area contributed by atoms with Gasteiger partial charge in [-0.2, -0.15) is 0 Å². The number of anilines is 1. The minimum atomic E-state index is -0.501. The number of hydrogen-bond acceptors (Lipinski definition) is 5. The third-order valence-electron chi connectivity index (χ3n) is 4.65. The lowest BCUT2D eigenvalue weighted by Crippen LogP contribution is -2.43. The van der Waals surface area contributed by atoms with Crippen LogP contribution in [0.3, 0.4) is 0 Å². The number of rotatable bonds is 7. The molecule has 2 amide bonds. The quantitative estimate of drug-likeness (QED) is 0.758. The Morgan fingerprint density at radius 2 is 2.00 bits per heavy atom. The zero-order chi connectivity index (χ0) is 19.2. The van der Waals surface area contributed by atoms with Gasteiger partial charge in [-0.15, -0.1) is 0 Å². The van der Waals surface area contributed by atoms with Crippen LogP contribution in [0.15, 0.2) is 40.9 Å². The summed E-state index contributed by atoms with van der Waals surface area (Å²) in [7, 11) is 0. The second-order valence-corrected chi connectivity index (χ2v) is 6.70. The van der Waals surface area contributed by atoms with Crippen LogP contribution in [-0.4, -0.2) is 40.2 Å². The van der Waals surface area contributed by atoms with Crippen LogP contribution in [-0.2, 0) is 9.59 Å². The molecular weight excluding hydrogens is 346 g/mol. The first kappa shape index (κ1) is 18.8. The van der Waals surface area contributed by atoms with Gasteiger partial charge in [0.25, 0.3) is 0 Å². The predicted molar refractivity (Wildman–Crippen MR) is 99.2 cm³/mol.